The zero-order valence-electron chi connectivity index (χ0n) is 11.8. The highest BCUT2D eigenvalue weighted by atomic mass is 35.5. The van der Waals surface area contributed by atoms with Crippen LogP contribution < -0.4 is 10.1 Å². The van der Waals surface area contributed by atoms with Crippen molar-refractivity contribution in [2.45, 2.75) is 25.8 Å². The molecule has 20 heavy (non-hydrogen) atoms. The average molecular weight is 294 g/mol. The highest BCUT2D eigenvalue weighted by Crippen LogP contribution is 2.30. The minimum Gasteiger partial charge on any atom is -0.496 e. The summed E-state index contributed by atoms with van der Waals surface area (Å²) >= 11 is 6.13. The smallest absolute Gasteiger partial charge is 0.123 e. The molecule has 1 aromatic heterocycles. The fourth-order valence-corrected chi connectivity index (χ4v) is 2.37. The first kappa shape index (κ1) is 14.9. The van der Waals surface area contributed by atoms with Gasteiger partial charge < -0.3 is 15.0 Å². The first-order chi connectivity index (χ1) is 9.74. The number of nitrogens with zero attached hydrogens (tertiary/aromatic N) is 1. The molecule has 0 saturated heterocycles. The fraction of sp³-hybridized carbons (Fsp3) is 0.400. The predicted octanol–water partition coefficient (Wildman–Crippen LogP) is 3.36. The molecular formula is C15H20ClN3O. The number of imidazole rings is 1. The number of aromatic amines is 1. The number of hydrogen-bond donors (Lipinski definition) is 2. The molecule has 1 aromatic carbocycles. The first-order valence-electron chi connectivity index (χ1n) is 6.79. The zero-order chi connectivity index (χ0) is 14.4. The summed E-state index contributed by atoms with van der Waals surface area (Å²) in [5.74, 6) is 1.79. The van der Waals surface area contributed by atoms with Crippen LogP contribution >= 0.6 is 11.6 Å². The van der Waals surface area contributed by atoms with Gasteiger partial charge in [-0.1, -0.05) is 18.5 Å². The molecule has 1 unspecified atom stereocenters. The third-order valence-corrected chi connectivity index (χ3v) is 3.40. The molecule has 5 heteroatoms. The lowest BCUT2D eigenvalue weighted by Crippen LogP contribution is -2.25. The molecule has 108 valence electrons. The van der Waals surface area contributed by atoms with Crippen LogP contribution in [0.3, 0.4) is 0 Å². The summed E-state index contributed by atoms with van der Waals surface area (Å²) in [6, 6.07) is 5.82. The van der Waals surface area contributed by atoms with Gasteiger partial charge in [0.05, 0.1) is 7.11 Å². The van der Waals surface area contributed by atoms with Crippen molar-refractivity contribution in [3.05, 3.63) is 47.0 Å². The van der Waals surface area contributed by atoms with E-state index in [9.17, 15) is 0 Å². The summed E-state index contributed by atoms with van der Waals surface area (Å²) in [5, 5.41) is 4.24. The standard InChI is InChI=1S/C15H20ClN3O/c1-3-6-17-13(10-15-18-7-8-19-15)12-9-11(16)4-5-14(12)20-2/h4-5,7-9,13,17H,3,6,10H2,1-2H3,(H,18,19). The van der Waals surface area contributed by atoms with E-state index in [2.05, 4.69) is 22.2 Å². The lowest BCUT2D eigenvalue weighted by atomic mass is 10.0. The molecule has 0 aliphatic heterocycles. The molecule has 4 nitrogen and oxygen atoms in total. The number of benzene rings is 1. The van der Waals surface area contributed by atoms with E-state index in [-0.39, 0.29) is 6.04 Å². The van der Waals surface area contributed by atoms with Gasteiger partial charge >= 0.3 is 0 Å². The summed E-state index contributed by atoms with van der Waals surface area (Å²) in [6.45, 7) is 3.08. The Labute approximate surface area is 124 Å². The number of hydrogen-bond acceptors (Lipinski definition) is 3. The second-order valence-electron chi connectivity index (χ2n) is 4.63. The van der Waals surface area contributed by atoms with Crippen LogP contribution in [0.15, 0.2) is 30.6 Å². The average Bonchev–Trinajstić information content (AvgIpc) is 2.96. The molecule has 0 amide bonds. The Bertz CT molecular complexity index is 528. The van der Waals surface area contributed by atoms with E-state index in [1.54, 1.807) is 13.3 Å². The van der Waals surface area contributed by atoms with Gasteiger partial charge in [0, 0.05) is 35.4 Å². The van der Waals surface area contributed by atoms with E-state index in [1.807, 2.05) is 24.4 Å². The molecule has 0 aliphatic carbocycles. The minimum absolute atomic E-state index is 0.120. The van der Waals surface area contributed by atoms with Gasteiger partial charge in [-0.15, -0.1) is 0 Å². The van der Waals surface area contributed by atoms with Crippen molar-refractivity contribution >= 4 is 11.6 Å². The van der Waals surface area contributed by atoms with Crippen LogP contribution in [0.4, 0.5) is 0 Å². The summed E-state index contributed by atoms with van der Waals surface area (Å²) in [6.07, 6.45) is 5.43. The molecule has 0 spiro atoms. The van der Waals surface area contributed by atoms with Crippen LogP contribution in [0.25, 0.3) is 0 Å². The first-order valence-corrected chi connectivity index (χ1v) is 7.17. The Hall–Kier alpha value is -1.52. The number of nitrogens with one attached hydrogen (secondary N) is 2. The maximum absolute atomic E-state index is 6.13. The van der Waals surface area contributed by atoms with Gasteiger partial charge in [0.25, 0.3) is 0 Å². The quantitative estimate of drug-likeness (QED) is 0.823. The van der Waals surface area contributed by atoms with Gasteiger partial charge in [0.15, 0.2) is 0 Å². The highest BCUT2D eigenvalue weighted by molar-refractivity contribution is 6.30. The van der Waals surface area contributed by atoms with E-state index in [0.717, 1.165) is 36.5 Å². The molecule has 2 N–H and O–H groups in total. The van der Waals surface area contributed by atoms with E-state index >= 15 is 0 Å². The van der Waals surface area contributed by atoms with Crippen LogP contribution in [0.5, 0.6) is 5.75 Å². The van der Waals surface area contributed by atoms with Crippen molar-refractivity contribution in [1.29, 1.82) is 0 Å². The van der Waals surface area contributed by atoms with Gasteiger partial charge in [0.1, 0.15) is 11.6 Å². The zero-order valence-corrected chi connectivity index (χ0v) is 12.6. The van der Waals surface area contributed by atoms with Crippen LogP contribution in [0.2, 0.25) is 5.02 Å². The van der Waals surface area contributed by atoms with Gasteiger partial charge in [0.2, 0.25) is 0 Å². The topological polar surface area (TPSA) is 49.9 Å². The van der Waals surface area contributed by atoms with Crippen molar-refractivity contribution in [3.8, 4) is 5.75 Å². The molecule has 2 aromatic rings. The third kappa shape index (κ3) is 3.74. The molecular weight excluding hydrogens is 274 g/mol. The largest absolute Gasteiger partial charge is 0.496 e. The van der Waals surface area contributed by atoms with Gasteiger partial charge in [-0.25, -0.2) is 4.98 Å². The van der Waals surface area contributed by atoms with E-state index < -0.39 is 0 Å². The minimum atomic E-state index is 0.120. The second-order valence-corrected chi connectivity index (χ2v) is 5.07. The molecule has 1 heterocycles. The van der Waals surface area contributed by atoms with Crippen molar-refractivity contribution < 1.29 is 4.74 Å². The van der Waals surface area contributed by atoms with Crippen LogP contribution in [-0.4, -0.2) is 23.6 Å². The van der Waals surface area contributed by atoms with Crippen LogP contribution in [-0.2, 0) is 6.42 Å². The Balaban J connectivity index is 2.27. The molecule has 0 fully saturated rings. The SMILES string of the molecule is CCCNC(Cc1ncc[nH]1)c1cc(Cl)ccc1OC. The maximum atomic E-state index is 6.13. The third-order valence-electron chi connectivity index (χ3n) is 3.16. The van der Waals surface area contributed by atoms with Crippen molar-refractivity contribution in [3.63, 3.8) is 0 Å². The Morgan fingerprint density at radius 2 is 2.30 bits per heavy atom. The number of halogens is 1. The molecule has 0 bridgehead atoms. The second kappa shape index (κ2) is 7.31. The van der Waals surface area contributed by atoms with E-state index in [1.165, 1.54) is 0 Å². The van der Waals surface area contributed by atoms with Crippen molar-refractivity contribution in [1.82, 2.24) is 15.3 Å². The summed E-state index contributed by atoms with van der Waals surface area (Å²) in [7, 11) is 1.68. The van der Waals surface area contributed by atoms with E-state index in [0.29, 0.717) is 5.02 Å². The summed E-state index contributed by atoms with van der Waals surface area (Å²) < 4.78 is 5.45. The summed E-state index contributed by atoms with van der Waals surface area (Å²) in [4.78, 5) is 7.44. The van der Waals surface area contributed by atoms with Crippen LogP contribution in [0.1, 0.15) is 30.8 Å². The Morgan fingerprint density at radius 3 is 2.95 bits per heavy atom. The summed E-state index contributed by atoms with van der Waals surface area (Å²) in [5.41, 5.74) is 1.06. The molecule has 0 aliphatic rings. The highest BCUT2D eigenvalue weighted by Gasteiger charge is 2.17. The predicted molar refractivity (Wildman–Crippen MR) is 81.3 cm³/mol. The van der Waals surface area contributed by atoms with Gasteiger partial charge in [-0.3, -0.25) is 0 Å². The normalized spacial score (nSPS) is 12.3. The van der Waals surface area contributed by atoms with Gasteiger partial charge in [-0.05, 0) is 31.2 Å². The lowest BCUT2D eigenvalue weighted by Gasteiger charge is -2.20. The fourth-order valence-electron chi connectivity index (χ4n) is 2.19. The number of aromatic nitrogens is 2. The van der Waals surface area contributed by atoms with E-state index in [4.69, 9.17) is 16.3 Å². The Morgan fingerprint density at radius 1 is 1.45 bits per heavy atom. The van der Waals surface area contributed by atoms with Crippen molar-refractivity contribution in [2.75, 3.05) is 13.7 Å². The van der Waals surface area contributed by atoms with Crippen LogP contribution in [0, 0.1) is 0 Å². The number of rotatable bonds is 7. The number of ether oxygens (including phenoxy) is 1. The monoisotopic (exact) mass is 293 g/mol. The Kier molecular flexibility index (Phi) is 5.44. The number of H-pyrrole nitrogens is 1. The molecule has 1 atom stereocenters. The maximum Gasteiger partial charge on any atom is 0.123 e. The lowest BCUT2D eigenvalue weighted by molar-refractivity contribution is 0.397. The molecule has 0 radical (unpaired) electrons. The number of methoxy groups -OCH3 is 1. The molecule has 2 rings (SSSR count). The van der Waals surface area contributed by atoms with Gasteiger partial charge in [-0.2, -0.15) is 0 Å². The molecule has 0 saturated carbocycles. The van der Waals surface area contributed by atoms with Crippen molar-refractivity contribution in [2.24, 2.45) is 0 Å².